The molecule has 2 heterocycles. The van der Waals surface area contributed by atoms with E-state index in [1.54, 1.807) is 20.8 Å². The molecule has 0 saturated heterocycles. The second-order valence-corrected chi connectivity index (χ2v) is 12.8. The summed E-state index contributed by atoms with van der Waals surface area (Å²) in [5.41, 5.74) is 0.121. The van der Waals surface area contributed by atoms with Crippen LogP contribution in [0.15, 0.2) is 27.8 Å². The van der Waals surface area contributed by atoms with E-state index in [4.69, 9.17) is 25.9 Å². The van der Waals surface area contributed by atoms with Gasteiger partial charge in [-0.15, -0.1) is 5.10 Å². The number of nitrogens with one attached hydrogen (secondary N) is 1. The number of benzene rings is 1. The lowest BCUT2D eigenvalue weighted by atomic mass is 10.1. The lowest BCUT2D eigenvalue weighted by molar-refractivity contribution is -0.114. The number of halogens is 1. The molecule has 2 aliphatic heterocycles. The molecule has 1 aromatic carbocycles. The number of hydrazone groups is 1. The largest absolute Gasteiger partial charge is 0.490 e. The Bertz CT molecular complexity index is 1370. The van der Waals surface area contributed by atoms with Crippen molar-refractivity contribution in [2.24, 2.45) is 16.0 Å². The zero-order chi connectivity index (χ0) is 25.4. The molecule has 0 radical (unpaired) electrons. The summed E-state index contributed by atoms with van der Waals surface area (Å²) in [6.07, 6.45) is 2.15. The van der Waals surface area contributed by atoms with Crippen molar-refractivity contribution in [1.82, 2.24) is 5.01 Å². The Labute approximate surface area is 206 Å². The Morgan fingerprint density at radius 2 is 1.94 bits per heavy atom. The first-order valence-corrected chi connectivity index (χ1v) is 14.5. The van der Waals surface area contributed by atoms with Crippen LogP contribution in [0.4, 0.5) is 0 Å². The van der Waals surface area contributed by atoms with Crippen LogP contribution in [-0.2, 0) is 24.7 Å². The van der Waals surface area contributed by atoms with Gasteiger partial charge in [0.15, 0.2) is 11.6 Å². The predicted molar refractivity (Wildman–Crippen MR) is 132 cm³/mol. The summed E-state index contributed by atoms with van der Waals surface area (Å²) in [5, 5.41) is 13.3. The van der Waals surface area contributed by atoms with Crippen molar-refractivity contribution in [2.45, 2.75) is 20.8 Å². The standard InChI is InChI=1S/C19H21ClN4O7S3/c1-5-30-14-8-11(7-13(20)15(14)31-33(4,26)27)6-12-16(21)24-18(22-17(12)25)32-19(23-24)34(28,29)9-10(2)3/h6-8,10,21H,5,9H2,1-4H3/b12-6-,21-16?. The van der Waals surface area contributed by atoms with E-state index in [9.17, 15) is 21.6 Å². The minimum atomic E-state index is -3.89. The molecule has 15 heteroatoms. The monoisotopic (exact) mass is 548 g/mol. The fourth-order valence-electron chi connectivity index (χ4n) is 2.94. The minimum Gasteiger partial charge on any atom is -0.490 e. The van der Waals surface area contributed by atoms with Gasteiger partial charge in [0.25, 0.3) is 5.91 Å². The molecule has 184 valence electrons. The number of carbonyl (C=O) groups is 1. The van der Waals surface area contributed by atoms with E-state index in [2.05, 4.69) is 10.1 Å². The molecule has 0 unspecified atom stereocenters. The highest BCUT2D eigenvalue weighted by Crippen LogP contribution is 2.39. The summed E-state index contributed by atoms with van der Waals surface area (Å²) < 4.78 is 58.3. The first kappa shape index (κ1) is 26.2. The third kappa shape index (κ3) is 5.79. The van der Waals surface area contributed by atoms with Crippen LogP contribution in [-0.4, -0.2) is 61.7 Å². The molecule has 11 nitrogen and oxygen atoms in total. The molecule has 0 atom stereocenters. The van der Waals surface area contributed by atoms with Gasteiger partial charge in [0.2, 0.25) is 25.1 Å². The highest BCUT2D eigenvalue weighted by molar-refractivity contribution is 8.42. The lowest BCUT2D eigenvalue weighted by Crippen LogP contribution is -2.35. The number of hydrogen-bond donors (Lipinski definition) is 1. The van der Waals surface area contributed by atoms with Crippen molar-refractivity contribution in [1.29, 1.82) is 5.41 Å². The quantitative estimate of drug-likeness (QED) is 0.399. The van der Waals surface area contributed by atoms with Gasteiger partial charge in [-0.3, -0.25) is 10.2 Å². The van der Waals surface area contributed by atoms with Gasteiger partial charge in [-0.2, -0.15) is 18.4 Å². The summed E-state index contributed by atoms with van der Waals surface area (Å²) in [6.45, 7) is 5.35. The molecule has 1 aromatic rings. The predicted octanol–water partition coefficient (Wildman–Crippen LogP) is 2.72. The topological polar surface area (TPSA) is 156 Å². The van der Waals surface area contributed by atoms with Crippen LogP contribution in [0.25, 0.3) is 6.08 Å². The number of sulfone groups is 1. The molecule has 0 fully saturated rings. The van der Waals surface area contributed by atoms with Crippen molar-refractivity contribution in [2.75, 3.05) is 18.6 Å². The number of hydrogen-bond acceptors (Lipinski definition) is 10. The van der Waals surface area contributed by atoms with Crippen molar-refractivity contribution < 1.29 is 30.6 Å². The fourth-order valence-corrected chi connectivity index (χ4v) is 6.51. The molecule has 0 aliphatic carbocycles. The van der Waals surface area contributed by atoms with E-state index < -0.39 is 25.9 Å². The number of amides is 1. The second-order valence-electron chi connectivity index (χ2n) is 7.61. The molecule has 2 aliphatic rings. The van der Waals surface area contributed by atoms with Crippen LogP contribution in [0.1, 0.15) is 26.3 Å². The zero-order valence-corrected chi connectivity index (χ0v) is 21.7. The van der Waals surface area contributed by atoms with Crippen molar-refractivity contribution in [3.63, 3.8) is 0 Å². The Kier molecular flexibility index (Phi) is 7.45. The van der Waals surface area contributed by atoms with Crippen LogP contribution in [0.5, 0.6) is 11.5 Å². The van der Waals surface area contributed by atoms with Gasteiger partial charge in [-0.05, 0) is 48.4 Å². The van der Waals surface area contributed by atoms with E-state index in [0.717, 1.165) is 11.3 Å². The summed E-state index contributed by atoms with van der Waals surface area (Å²) in [6, 6.07) is 2.72. The third-order valence-electron chi connectivity index (χ3n) is 4.13. The summed E-state index contributed by atoms with van der Waals surface area (Å²) in [5.74, 6) is -1.61. The van der Waals surface area contributed by atoms with E-state index in [-0.39, 0.29) is 55.8 Å². The molecular weight excluding hydrogens is 528 g/mol. The second kappa shape index (κ2) is 9.68. The maximum absolute atomic E-state index is 12.6. The molecule has 1 N–H and O–H groups in total. The molecule has 0 aromatic heterocycles. The summed E-state index contributed by atoms with van der Waals surface area (Å²) in [7, 11) is -7.60. The highest BCUT2D eigenvalue weighted by Gasteiger charge is 2.39. The maximum atomic E-state index is 12.6. The Morgan fingerprint density at radius 1 is 1.26 bits per heavy atom. The third-order valence-corrected chi connectivity index (χ3v) is 8.32. The summed E-state index contributed by atoms with van der Waals surface area (Å²) >= 11 is 6.91. The Morgan fingerprint density at radius 3 is 2.53 bits per heavy atom. The minimum absolute atomic E-state index is 0.0167. The number of ether oxygens (including phenoxy) is 1. The van der Waals surface area contributed by atoms with E-state index in [1.165, 1.54) is 18.2 Å². The lowest BCUT2D eigenvalue weighted by Gasteiger charge is -2.20. The maximum Gasteiger partial charge on any atom is 0.306 e. The molecule has 0 spiro atoms. The Balaban J connectivity index is 2.00. The Hall–Kier alpha value is -2.42. The number of carbonyl (C=O) groups excluding carboxylic acids is 1. The van der Waals surface area contributed by atoms with Gasteiger partial charge in [-0.25, -0.2) is 8.42 Å². The van der Waals surface area contributed by atoms with Crippen LogP contribution < -0.4 is 8.92 Å². The van der Waals surface area contributed by atoms with Gasteiger partial charge in [0.05, 0.1) is 29.2 Å². The SMILES string of the molecule is CCOc1cc(/C=C2/C(=N)N3N=C(S(=O)(=O)CC(C)C)SC3=NC2=O)cc(Cl)c1OS(C)(=O)=O. The van der Waals surface area contributed by atoms with Gasteiger partial charge in [0.1, 0.15) is 0 Å². The van der Waals surface area contributed by atoms with Crippen molar-refractivity contribution in [3.8, 4) is 11.5 Å². The van der Waals surface area contributed by atoms with Crippen LogP contribution in [0.3, 0.4) is 0 Å². The smallest absolute Gasteiger partial charge is 0.306 e. The number of nitrogens with zero attached hydrogens (tertiary/aromatic N) is 3. The number of fused-ring (bicyclic) bond motifs is 1. The number of amidine groups is 2. The van der Waals surface area contributed by atoms with E-state index in [0.29, 0.717) is 17.3 Å². The van der Waals surface area contributed by atoms with Gasteiger partial charge in [-0.1, -0.05) is 25.4 Å². The molecular formula is C19H21ClN4O7S3. The molecule has 0 saturated carbocycles. The zero-order valence-electron chi connectivity index (χ0n) is 18.5. The molecule has 34 heavy (non-hydrogen) atoms. The highest BCUT2D eigenvalue weighted by atomic mass is 35.5. The first-order chi connectivity index (χ1) is 15.7. The fraction of sp³-hybridized carbons (Fsp3) is 0.368. The van der Waals surface area contributed by atoms with E-state index >= 15 is 0 Å². The molecule has 0 bridgehead atoms. The number of rotatable bonds is 7. The van der Waals surface area contributed by atoms with Crippen LogP contribution >= 0.6 is 23.4 Å². The van der Waals surface area contributed by atoms with Crippen LogP contribution in [0, 0.1) is 11.3 Å². The average Bonchev–Trinajstić information content (AvgIpc) is 3.11. The van der Waals surface area contributed by atoms with Crippen LogP contribution in [0.2, 0.25) is 5.02 Å². The number of thioether (sulfide) groups is 1. The van der Waals surface area contributed by atoms with Gasteiger partial charge < -0.3 is 8.92 Å². The molecule has 1 amide bonds. The van der Waals surface area contributed by atoms with Gasteiger partial charge >= 0.3 is 10.1 Å². The van der Waals surface area contributed by atoms with E-state index in [1.807, 2.05) is 0 Å². The van der Waals surface area contributed by atoms with Crippen molar-refractivity contribution in [3.05, 3.63) is 28.3 Å². The normalized spacial score (nSPS) is 17.7. The van der Waals surface area contributed by atoms with Crippen molar-refractivity contribution >= 4 is 70.7 Å². The van der Waals surface area contributed by atoms with Gasteiger partial charge in [0, 0.05) is 0 Å². The summed E-state index contributed by atoms with van der Waals surface area (Å²) in [4.78, 5) is 16.5. The average molecular weight is 549 g/mol. The number of aliphatic imine (C=N–C) groups is 1. The first-order valence-electron chi connectivity index (χ1n) is 9.80. The molecule has 3 rings (SSSR count).